The van der Waals surface area contributed by atoms with E-state index in [0.717, 1.165) is 38.2 Å². The smallest absolute Gasteiger partial charge is 0.225 e. The molecule has 1 aromatic rings. The molecule has 112 valence electrons. The topological polar surface area (TPSA) is 59.0 Å². The molecule has 1 fully saturated rings. The lowest BCUT2D eigenvalue weighted by Gasteiger charge is -2.36. The van der Waals surface area contributed by atoms with Crippen molar-refractivity contribution in [1.82, 2.24) is 20.2 Å². The molecule has 0 aromatic carbocycles. The molecule has 2 N–H and O–H groups in total. The number of nitrogens with one attached hydrogen (secondary N) is 2. The number of aryl methyl sites for hydroxylation is 1. The first-order valence-electron chi connectivity index (χ1n) is 7.47. The monoisotopic (exact) mass is 278 g/mol. The highest BCUT2D eigenvalue weighted by molar-refractivity contribution is 5.82. The van der Waals surface area contributed by atoms with E-state index in [9.17, 15) is 4.79 Å². The molecule has 20 heavy (non-hydrogen) atoms. The van der Waals surface area contributed by atoms with Crippen molar-refractivity contribution < 1.29 is 4.79 Å². The predicted octanol–water partition coefficient (Wildman–Crippen LogP) is 1.10. The summed E-state index contributed by atoms with van der Waals surface area (Å²) in [7, 11) is 1.97. The Hall–Kier alpha value is -1.36. The first kappa shape index (κ1) is 15.0. The minimum absolute atomic E-state index is 0.153. The van der Waals surface area contributed by atoms with Gasteiger partial charge in [-0.3, -0.25) is 4.79 Å². The molecular formula is C15H26N4O. The average Bonchev–Trinajstić information content (AvgIpc) is 2.85. The van der Waals surface area contributed by atoms with E-state index >= 15 is 0 Å². The van der Waals surface area contributed by atoms with Gasteiger partial charge in [-0.05, 0) is 31.8 Å². The standard InChI is InChI=1S/C15H26N4O/c1-15(2,12-5-4-7-16-11-12)14(20)18-8-6-13-17-9-10-19(13)3/h9-10,12,16H,4-8,11H2,1-3H3,(H,18,20). The first-order chi connectivity index (χ1) is 9.51. The van der Waals surface area contributed by atoms with Crippen LogP contribution in [0.15, 0.2) is 12.4 Å². The van der Waals surface area contributed by atoms with Crippen LogP contribution in [0.2, 0.25) is 0 Å². The minimum Gasteiger partial charge on any atom is -0.355 e. The summed E-state index contributed by atoms with van der Waals surface area (Å²) in [6.45, 7) is 6.78. The van der Waals surface area contributed by atoms with Gasteiger partial charge in [0.25, 0.3) is 0 Å². The average molecular weight is 278 g/mol. The number of rotatable bonds is 5. The van der Waals surface area contributed by atoms with Gasteiger partial charge in [0.05, 0.1) is 0 Å². The summed E-state index contributed by atoms with van der Waals surface area (Å²) >= 11 is 0. The summed E-state index contributed by atoms with van der Waals surface area (Å²) in [5.74, 6) is 1.58. The number of nitrogens with zero attached hydrogens (tertiary/aromatic N) is 2. The molecule has 0 spiro atoms. The lowest BCUT2D eigenvalue weighted by Crippen LogP contribution is -2.47. The third kappa shape index (κ3) is 3.39. The molecule has 0 saturated carbocycles. The molecule has 0 radical (unpaired) electrons. The van der Waals surface area contributed by atoms with E-state index in [2.05, 4.69) is 29.5 Å². The molecule has 1 aromatic heterocycles. The fraction of sp³-hybridized carbons (Fsp3) is 0.733. The van der Waals surface area contributed by atoms with Crippen LogP contribution < -0.4 is 10.6 Å². The fourth-order valence-corrected chi connectivity index (χ4v) is 2.81. The van der Waals surface area contributed by atoms with Gasteiger partial charge >= 0.3 is 0 Å². The van der Waals surface area contributed by atoms with Crippen molar-refractivity contribution in [3.05, 3.63) is 18.2 Å². The number of piperidine rings is 1. The summed E-state index contributed by atoms with van der Waals surface area (Å²) in [6, 6.07) is 0. The predicted molar refractivity (Wildman–Crippen MR) is 79.3 cm³/mol. The van der Waals surface area contributed by atoms with Crippen LogP contribution in [0, 0.1) is 11.3 Å². The number of hydrogen-bond donors (Lipinski definition) is 2. The zero-order chi connectivity index (χ0) is 14.6. The van der Waals surface area contributed by atoms with Gasteiger partial charge in [-0.1, -0.05) is 13.8 Å². The summed E-state index contributed by atoms with van der Waals surface area (Å²) in [4.78, 5) is 16.7. The second kappa shape index (κ2) is 6.39. The van der Waals surface area contributed by atoms with Crippen LogP contribution >= 0.6 is 0 Å². The third-order valence-corrected chi connectivity index (χ3v) is 4.46. The van der Waals surface area contributed by atoms with Crippen molar-refractivity contribution >= 4 is 5.91 Å². The number of hydrogen-bond acceptors (Lipinski definition) is 3. The Morgan fingerprint density at radius 1 is 1.60 bits per heavy atom. The number of aromatic nitrogens is 2. The van der Waals surface area contributed by atoms with Crippen molar-refractivity contribution in [2.75, 3.05) is 19.6 Å². The Labute approximate surface area is 121 Å². The van der Waals surface area contributed by atoms with Crippen molar-refractivity contribution in [3.63, 3.8) is 0 Å². The van der Waals surface area contributed by atoms with E-state index in [1.807, 2.05) is 17.8 Å². The van der Waals surface area contributed by atoms with Crippen LogP contribution in [0.25, 0.3) is 0 Å². The second-order valence-corrected chi connectivity index (χ2v) is 6.23. The van der Waals surface area contributed by atoms with Crippen LogP contribution in [-0.2, 0) is 18.3 Å². The van der Waals surface area contributed by atoms with Crippen LogP contribution in [0.1, 0.15) is 32.5 Å². The molecule has 0 aliphatic carbocycles. The van der Waals surface area contributed by atoms with Crippen molar-refractivity contribution in [1.29, 1.82) is 0 Å². The molecule has 1 aliphatic heterocycles. The summed E-state index contributed by atoms with van der Waals surface area (Å²) in [5.41, 5.74) is -0.310. The Bertz CT molecular complexity index is 446. The lowest BCUT2D eigenvalue weighted by atomic mass is 9.74. The lowest BCUT2D eigenvalue weighted by molar-refractivity contribution is -0.132. The van der Waals surface area contributed by atoms with Crippen LogP contribution in [0.5, 0.6) is 0 Å². The molecule has 5 nitrogen and oxygen atoms in total. The van der Waals surface area contributed by atoms with E-state index in [-0.39, 0.29) is 11.3 Å². The van der Waals surface area contributed by atoms with Gasteiger partial charge in [-0.15, -0.1) is 0 Å². The summed E-state index contributed by atoms with van der Waals surface area (Å²) in [5, 5.41) is 6.45. The van der Waals surface area contributed by atoms with Gasteiger partial charge in [0.15, 0.2) is 0 Å². The van der Waals surface area contributed by atoms with E-state index in [1.165, 1.54) is 0 Å². The summed E-state index contributed by atoms with van der Waals surface area (Å²) < 4.78 is 1.99. The maximum Gasteiger partial charge on any atom is 0.225 e. The zero-order valence-electron chi connectivity index (χ0n) is 12.8. The van der Waals surface area contributed by atoms with Crippen molar-refractivity contribution in [2.24, 2.45) is 18.4 Å². The second-order valence-electron chi connectivity index (χ2n) is 6.23. The molecule has 1 atom stereocenters. The Morgan fingerprint density at radius 3 is 3.00 bits per heavy atom. The maximum atomic E-state index is 12.4. The van der Waals surface area contributed by atoms with Crippen LogP contribution in [-0.4, -0.2) is 35.1 Å². The first-order valence-corrected chi connectivity index (χ1v) is 7.47. The minimum atomic E-state index is -0.310. The molecule has 1 amide bonds. The Morgan fingerprint density at radius 2 is 2.40 bits per heavy atom. The van der Waals surface area contributed by atoms with E-state index in [0.29, 0.717) is 12.5 Å². The maximum absolute atomic E-state index is 12.4. The van der Waals surface area contributed by atoms with Gasteiger partial charge in [0.2, 0.25) is 5.91 Å². The SMILES string of the molecule is Cn1ccnc1CCNC(=O)C(C)(C)C1CCCNC1. The number of imidazole rings is 1. The molecule has 5 heteroatoms. The highest BCUT2D eigenvalue weighted by atomic mass is 16.2. The third-order valence-electron chi connectivity index (χ3n) is 4.46. The quantitative estimate of drug-likeness (QED) is 0.848. The molecule has 1 unspecified atom stereocenters. The normalized spacial score (nSPS) is 19.9. The number of amides is 1. The number of carbonyl (C=O) groups excluding carboxylic acids is 1. The molecule has 0 bridgehead atoms. The molecule has 1 aliphatic rings. The molecular weight excluding hydrogens is 252 g/mol. The Kier molecular flexibility index (Phi) is 4.81. The van der Waals surface area contributed by atoms with Crippen molar-refractivity contribution in [3.8, 4) is 0 Å². The van der Waals surface area contributed by atoms with E-state index in [1.54, 1.807) is 6.20 Å². The zero-order valence-corrected chi connectivity index (χ0v) is 12.8. The van der Waals surface area contributed by atoms with Gasteiger partial charge in [-0.25, -0.2) is 4.98 Å². The van der Waals surface area contributed by atoms with Crippen LogP contribution in [0.4, 0.5) is 0 Å². The van der Waals surface area contributed by atoms with Crippen molar-refractivity contribution in [2.45, 2.75) is 33.1 Å². The van der Waals surface area contributed by atoms with Gasteiger partial charge < -0.3 is 15.2 Å². The summed E-state index contributed by atoms with van der Waals surface area (Å²) in [6.07, 6.45) is 6.78. The van der Waals surface area contributed by atoms with Gasteiger partial charge in [0, 0.05) is 37.8 Å². The highest BCUT2D eigenvalue weighted by Crippen LogP contribution is 2.31. The Balaban J connectivity index is 1.82. The number of carbonyl (C=O) groups is 1. The van der Waals surface area contributed by atoms with Gasteiger partial charge in [-0.2, -0.15) is 0 Å². The highest BCUT2D eigenvalue weighted by Gasteiger charge is 2.36. The van der Waals surface area contributed by atoms with E-state index in [4.69, 9.17) is 0 Å². The molecule has 2 rings (SSSR count). The molecule has 1 saturated heterocycles. The van der Waals surface area contributed by atoms with Crippen LogP contribution in [0.3, 0.4) is 0 Å². The van der Waals surface area contributed by atoms with Gasteiger partial charge in [0.1, 0.15) is 5.82 Å². The fourth-order valence-electron chi connectivity index (χ4n) is 2.81. The van der Waals surface area contributed by atoms with E-state index < -0.39 is 0 Å². The molecule has 2 heterocycles. The largest absolute Gasteiger partial charge is 0.355 e.